The van der Waals surface area contributed by atoms with Crippen molar-refractivity contribution in [3.63, 3.8) is 0 Å². The zero-order valence-corrected chi connectivity index (χ0v) is 16.7. The van der Waals surface area contributed by atoms with Gasteiger partial charge in [0.15, 0.2) is 6.10 Å². The Morgan fingerprint density at radius 1 is 1.00 bits per heavy atom. The minimum absolute atomic E-state index is 0.122. The Kier molecular flexibility index (Phi) is 6.53. The first-order chi connectivity index (χ1) is 13.6. The van der Waals surface area contributed by atoms with Gasteiger partial charge in [-0.3, -0.25) is 4.79 Å². The van der Waals surface area contributed by atoms with Gasteiger partial charge in [0.25, 0.3) is 5.91 Å². The fourth-order valence-corrected chi connectivity index (χ4v) is 3.26. The predicted molar refractivity (Wildman–Crippen MR) is 113 cm³/mol. The number of carbonyl (C=O) groups excluding carboxylic acids is 1. The maximum Gasteiger partial charge on any atom is 0.261 e. The maximum absolute atomic E-state index is 12.5. The molecule has 3 rings (SSSR count). The zero-order valence-electron chi connectivity index (χ0n) is 16.7. The van der Waals surface area contributed by atoms with Crippen molar-refractivity contribution in [2.24, 2.45) is 0 Å². The highest BCUT2D eigenvalue weighted by Gasteiger charge is 2.18. The van der Waals surface area contributed by atoms with Crippen molar-refractivity contribution in [3.05, 3.63) is 71.8 Å². The molecule has 4 heteroatoms. The molecule has 1 atom stereocenters. The molecule has 0 saturated carbocycles. The van der Waals surface area contributed by atoms with Crippen LogP contribution in [0.2, 0.25) is 0 Å². The number of aryl methyl sites for hydroxylation is 2. The van der Waals surface area contributed by atoms with Crippen LogP contribution in [0.3, 0.4) is 0 Å². The van der Waals surface area contributed by atoms with Crippen LogP contribution < -0.4 is 14.8 Å². The van der Waals surface area contributed by atoms with E-state index < -0.39 is 6.10 Å². The van der Waals surface area contributed by atoms with Gasteiger partial charge in [-0.15, -0.1) is 0 Å². The van der Waals surface area contributed by atoms with Crippen molar-refractivity contribution in [2.75, 3.05) is 13.2 Å². The van der Waals surface area contributed by atoms with E-state index in [2.05, 4.69) is 23.5 Å². The molecular weight excluding hydrogens is 350 g/mol. The molecule has 0 aliphatic rings. The van der Waals surface area contributed by atoms with Gasteiger partial charge >= 0.3 is 0 Å². The van der Waals surface area contributed by atoms with E-state index in [0.717, 1.165) is 33.4 Å². The average Bonchev–Trinajstić information content (AvgIpc) is 2.68. The molecule has 0 saturated heterocycles. The number of carbonyl (C=O) groups is 1. The lowest BCUT2D eigenvalue weighted by atomic mass is 10.1. The van der Waals surface area contributed by atoms with Crippen LogP contribution in [0.5, 0.6) is 11.5 Å². The van der Waals surface area contributed by atoms with Crippen molar-refractivity contribution < 1.29 is 14.3 Å². The highest BCUT2D eigenvalue weighted by Crippen LogP contribution is 2.25. The van der Waals surface area contributed by atoms with Crippen LogP contribution in [0, 0.1) is 13.8 Å². The first kappa shape index (κ1) is 19.7. The molecule has 0 radical (unpaired) electrons. The van der Waals surface area contributed by atoms with E-state index in [1.165, 1.54) is 0 Å². The molecule has 0 aromatic heterocycles. The van der Waals surface area contributed by atoms with E-state index in [9.17, 15) is 4.79 Å². The van der Waals surface area contributed by atoms with Crippen LogP contribution in [-0.4, -0.2) is 25.2 Å². The molecule has 0 bridgehead atoms. The van der Waals surface area contributed by atoms with Gasteiger partial charge in [0.1, 0.15) is 18.1 Å². The Bertz CT molecular complexity index is 926. The quantitative estimate of drug-likeness (QED) is 0.573. The predicted octanol–water partition coefficient (Wildman–Crippen LogP) is 4.81. The van der Waals surface area contributed by atoms with Crippen LogP contribution in [-0.2, 0) is 4.79 Å². The van der Waals surface area contributed by atoms with E-state index in [1.54, 1.807) is 0 Å². The number of hydrogen-bond donors (Lipinski definition) is 1. The van der Waals surface area contributed by atoms with E-state index in [-0.39, 0.29) is 5.91 Å². The standard InChI is InChI=1S/C24H27NO3/c1-4-22(28-20-15-17(2)14-18(3)16-20)24(26)25-12-13-27-23-11-7-9-19-8-5-6-10-21(19)23/h5-11,14-16,22H,4,12-13H2,1-3H3,(H,25,26)/t22-/m1/s1. The molecular formula is C24H27NO3. The molecule has 0 aliphatic carbocycles. The van der Waals surface area contributed by atoms with Gasteiger partial charge in [0.05, 0.1) is 6.54 Å². The molecule has 1 N–H and O–H groups in total. The lowest BCUT2D eigenvalue weighted by Gasteiger charge is -2.18. The zero-order chi connectivity index (χ0) is 19.9. The molecule has 0 unspecified atom stereocenters. The summed E-state index contributed by atoms with van der Waals surface area (Å²) in [7, 11) is 0. The van der Waals surface area contributed by atoms with Gasteiger partial charge in [-0.2, -0.15) is 0 Å². The third-order valence-electron chi connectivity index (χ3n) is 4.55. The van der Waals surface area contributed by atoms with Gasteiger partial charge in [0.2, 0.25) is 0 Å². The Morgan fingerprint density at radius 3 is 2.46 bits per heavy atom. The van der Waals surface area contributed by atoms with Crippen LogP contribution in [0.4, 0.5) is 0 Å². The first-order valence-corrected chi connectivity index (χ1v) is 9.70. The van der Waals surface area contributed by atoms with E-state index >= 15 is 0 Å². The van der Waals surface area contributed by atoms with Gasteiger partial charge < -0.3 is 14.8 Å². The number of nitrogens with one attached hydrogen (secondary N) is 1. The summed E-state index contributed by atoms with van der Waals surface area (Å²) in [5, 5.41) is 5.12. The van der Waals surface area contributed by atoms with Crippen molar-refractivity contribution in [2.45, 2.75) is 33.3 Å². The van der Waals surface area contributed by atoms with Crippen molar-refractivity contribution in [3.8, 4) is 11.5 Å². The number of amides is 1. The molecule has 0 heterocycles. The molecule has 0 spiro atoms. The molecule has 0 fully saturated rings. The monoisotopic (exact) mass is 377 g/mol. The number of hydrogen-bond acceptors (Lipinski definition) is 3. The first-order valence-electron chi connectivity index (χ1n) is 9.70. The number of fused-ring (bicyclic) bond motifs is 1. The maximum atomic E-state index is 12.5. The summed E-state index contributed by atoms with van der Waals surface area (Å²) < 4.78 is 11.8. The van der Waals surface area contributed by atoms with Crippen LogP contribution >= 0.6 is 0 Å². The smallest absolute Gasteiger partial charge is 0.261 e. The minimum atomic E-state index is -0.515. The summed E-state index contributed by atoms with van der Waals surface area (Å²) in [6.07, 6.45) is 0.0852. The highest BCUT2D eigenvalue weighted by molar-refractivity contribution is 5.88. The summed E-state index contributed by atoms with van der Waals surface area (Å²) in [6, 6.07) is 20.1. The van der Waals surface area contributed by atoms with Crippen LogP contribution in [0.15, 0.2) is 60.7 Å². The van der Waals surface area contributed by atoms with E-state index in [4.69, 9.17) is 9.47 Å². The van der Waals surface area contributed by atoms with E-state index in [0.29, 0.717) is 19.6 Å². The molecule has 3 aromatic carbocycles. The van der Waals surface area contributed by atoms with Gasteiger partial charge in [0, 0.05) is 5.39 Å². The molecule has 146 valence electrons. The van der Waals surface area contributed by atoms with Crippen molar-refractivity contribution in [1.29, 1.82) is 0 Å². The summed E-state index contributed by atoms with van der Waals surface area (Å²) in [4.78, 5) is 12.5. The lowest BCUT2D eigenvalue weighted by Crippen LogP contribution is -2.39. The van der Waals surface area contributed by atoms with Gasteiger partial charge in [-0.1, -0.05) is 49.4 Å². The summed E-state index contributed by atoms with van der Waals surface area (Å²) >= 11 is 0. The molecule has 0 aliphatic heterocycles. The number of rotatable bonds is 8. The number of ether oxygens (including phenoxy) is 2. The summed E-state index contributed by atoms with van der Waals surface area (Å²) in [6.45, 7) is 6.81. The molecule has 3 aromatic rings. The Labute approximate surface area is 166 Å². The minimum Gasteiger partial charge on any atom is -0.491 e. The second-order valence-corrected chi connectivity index (χ2v) is 6.95. The second-order valence-electron chi connectivity index (χ2n) is 6.95. The van der Waals surface area contributed by atoms with Gasteiger partial charge in [-0.25, -0.2) is 0 Å². The lowest BCUT2D eigenvalue weighted by molar-refractivity contribution is -0.128. The Hall–Kier alpha value is -3.01. The number of benzene rings is 3. The fourth-order valence-electron chi connectivity index (χ4n) is 3.26. The Balaban J connectivity index is 1.52. The normalized spacial score (nSPS) is 11.8. The SMILES string of the molecule is CC[C@@H](Oc1cc(C)cc(C)c1)C(=O)NCCOc1cccc2ccccc12. The summed E-state index contributed by atoms with van der Waals surface area (Å²) in [5.74, 6) is 1.43. The van der Waals surface area contributed by atoms with Gasteiger partial charge in [-0.05, 0) is 55.0 Å². The topological polar surface area (TPSA) is 47.6 Å². The average molecular weight is 377 g/mol. The van der Waals surface area contributed by atoms with E-state index in [1.807, 2.05) is 63.2 Å². The fraction of sp³-hybridized carbons (Fsp3) is 0.292. The molecule has 4 nitrogen and oxygen atoms in total. The Morgan fingerprint density at radius 2 is 1.71 bits per heavy atom. The second kappa shape index (κ2) is 9.27. The van der Waals surface area contributed by atoms with Crippen LogP contribution in [0.25, 0.3) is 10.8 Å². The summed E-state index contributed by atoms with van der Waals surface area (Å²) in [5.41, 5.74) is 2.24. The van der Waals surface area contributed by atoms with Crippen molar-refractivity contribution in [1.82, 2.24) is 5.32 Å². The van der Waals surface area contributed by atoms with Crippen molar-refractivity contribution >= 4 is 16.7 Å². The third kappa shape index (κ3) is 5.03. The third-order valence-corrected chi connectivity index (χ3v) is 4.55. The largest absolute Gasteiger partial charge is 0.491 e. The molecule has 28 heavy (non-hydrogen) atoms. The molecule has 1 amide bonds. The van der Waals surface area contributed by atoms with Crippen LogP contribution in [0.1, 0.15) is 24.5 Å². The highest BCUT2D eigenvalue weighted by atomic mass is 16.5.